The molecule has 3 aromatic rings. The highest BCUT2D eigenvalue weighted by Crippen LogP contribution is 2.35. The van der Waals surface area contributed by atoms with Crippen LogP contribution in [0.1, 0.15) is 101 Å². The van der Waals surface area contributed by atoms with Crippen LogP contribution in [0.15, 0.2) is 36.4 Å². The average Bonchev–Trinajstić information content (AvgIpc) is 3.20. The number of aryl methyl sites for hydroxylation is 2. The van der Waals surface area contributed by atoms with E-state index >= 15 is 0 Å². The summed E-state index contributed by atoms with van der Waals surface area (Å²) in [6.07, 6.45) is 4.16. The molecule has 1 aliphatic heterocycles. The first-order chi connectivity index (χ1) is 18.3. The van der Waals surface area contributed by atoms with Crippen molar-refractivity contribution >= 4 is 11.6 Å². The number of carbonyl (C=O) groups is 1. The number of fused-ring (bicyclic) bond motifs is 1. The Morgan fingerprint density at radius 2 is 1.72 bits per heavy atom. The van der Waals surface area contributed by atoms with Gasteiger partial charge in [0.25, 0.3) is 0 Å². The topological polar surface area (TPSA) is 69.0 Å². The van der Waals surface area contributed by atoms with E-state index in [4.69, 9.17) is 14.8 Å². The van der Waals surface area contributed by atoms with Crippen molar-refractivity contribution in [2.45, 2.75) is 97.3 Å². The van der Waals surface area contributed by atoms with Crippen LogP contribution < -0.4 is 10.1 Å². The van der Waals surface area contributed by atoms with Crippen molar-refractivity contribution in [3.05, 3.63) is 70.0 Å². The van der Waals surface area contributed by atoms with Gasteiger partial charge in [0, 0.05) is 38.2 Å². The molecular weight excluding hydrogens is 484 g/mol. The van der Waals surface area contributed by atoms with Crippen LogP contribution in [0, 0.1) is 0 Å². The van der Waals surface area contributed by atoms with E-state index in [1.165, 1.54) is 22.3 Å². The molecule has 0 saturated carbocycles. The molecule has 0 radical (unpaired) electrons. The fourth-order valence-electron chi connectivity index (χ4n) is 5.17. The largest absolute Gasteiger partial charge is 0.477 e. The molecule has 1 aliphatic rings. The summed E-state index contributed by atoms with van der Waals surface area (Å²) in [4.78, 5) is 17.1. The van der Waals surface area contributed by atoms with Gasteiger partial charge in [0.15, 0.2) is 0 Å². The quantitative estimate of drug-likeness (QED) is 0.334. The van der Waals surface area contributed by atoms with Crippen LogP contribution in [0.2, 0.25) is 0 Å². The predicted molar refractivity (Wildman–Crippen MR) is 159 cm³/mol. The first-order valence-electron chi connectivity index (χ1n) is 14.3. The fourth-order valence-corrected chi connectivity index (χ4v) is 5.17. The van der Waals surface area contributed by atoms with Gasteiger partial charge < -0.3 is 14.8 Å². The van der Waals surface area contributed by atoms with E-state index in [1.54, 1.807) is 11.6 Å². The van der Waals surface area contributed by atoms with Crippen molar-refractivity contribution in [3.63, 3.8) is 0 Å². The van der Waals surface area contributed by atoms with Crippen LogP contribution in [0.25, 0.3) is 0 Å². The molecule has 1 N–H and O–H groups in total. The maximum absolute atomic E-state index is 12.4. The molecule has 0 bridgehead atoms. The third-order valence-electron chi connectivity index (χ3n) is 7.60. The molecule has 0 saturated heterocycles. The van der Waals surface area contributed by atoms with Crippen molar-refractivity contribution in [2.24, 2.45) is 7.05 Å². The molecule has 6 nitrogen and oxygen atoms in total. The van der Waals surface area contributed by atoms with Crippen LogP contribution in [-0.2, 0) is 41.9 Å². The number of Topliss-reactive ketones (excluding diaryl/α,β-unsaturated/α-hetero) is 1. The number of ether oxygens (including phenoxy) is 1. The van der Waals surface area contributed by atoms with E-state index in [0.717, 1.165) is 48.9 Å². The Bertz CT molecular complexity index is 1280. The normalized spacial score (nSPS) is 14.5. The number of nitrogens with one attached hydrogen (secondary N) is 1. The van der Waals surface area contributed by atoms with E-state index < -0.39 is 0 Å². The summed E-state index contributed by atoms with van der Waals surface area (Å²) in [7, 11) is 1.91. The molecule has 3 heterocycles. The molecule has 0 aliphatic carbocycles. The lowest BCUT2D eigenvalue weighted by molar-refractivity contribution is -0.117. The Labute approximate surface area is 234 Å². The summed E-state index contributed by atoms with van der Waals surface area (Å²) in [6, 6.07) is 13.2. The molecule has 6 heteroatoms. The first-order valence-corrected chi connectivity index (χ1v) is 14.3. The lowest BCUT2D eigenvalue weighted by atomic mass is 9.77. The Kier molecular flexibility index (Phi) is 8.53. The maximum atomic E-state index is 12.4. The molecule has 0 spiro atoms. The summed E-state index contributed by atoms with van der Waals surface area (Å²) in [5, 5.41) is 8.17. The van der Waals surface area contributed by atoms with Crippen molar-refractivity contribution in [1.82, 2.24) is 14.8 Å². The van der Waals surface area contributed by atoms with Crippen molar-refractivity contribution < 1.29 is 9.53 Å². The zero-order valence-corrected chi connectivity index (χ0v) is 25.1. The highest BCUT2D eigenvalue weighted by molar-refractivity contribution is 5.76. The van der Waals surface area contributed by atoms with E-state index in [0.29, 0.717) is 19.4 Å². The van der Waals surface area contributed by atoms with Crippen LogP contribution >= 0.6 is 0 Å². The lowest BCUT2D eigenvalue weighted by Gasteiger charge is -2.28. The maximum Gasteiger partial charge on any atom is 0.211 e. The Morgan fingerprint density at radius 3 is 2.36 bits per heavy atom. The predicted octanol–water partition coefficient (Wildman–Crippen LogP) is 6.70. The minimum atomic E-state index is 0.0196. The van der Waals surface area contributed by atoms with Gasteiger partial charge in [0.05, 0.1) is 12.3 Å². The zero-order chi connectivity index (χ0) is 28.4. The molecule has 1 unspecified atom stereocenters. The van der Waals surface area contributed by atoms with Crippen LogP contribution in [-0.4, -0.2) is 33.7 Å². The molecule has 4 rings (SSSR count). The number of carbonyl (C=O) groups excluding carboxylic acids is 1. The monoisotopic (exact) mass is 530 g/mol. The highest BCUT2D eigenvalue weighted by atomic mass is 16.5. The number of ketones is 1. The minimum Gasteiger partial charge on any atom is -0.477 e. The minimum absolute atomic E-state index is 0.0196. The smallest absolute Gasteiger partial charge is 0.211 e. The van der Waals surface area contributed by atoms with Crippen LogP contribution in [0.3, 0.4) is 0 Å². The Morgan fingerprint density at radius 1 is 1.03 bits per heavy atom. The van der Waals surface area contributed by atoms with Crippen LogP contribution in [0.5, 0.6) is 5.88 Å². The standard InChI is InChI=1S/C33H46N4O2/c1-22(38)16-24(25-17-26(32(2,3)4)20-27(18-25)33(5,6)7)19-29-21-30(37(8)36-29)39-15-13-28-12-11-23-10-9-14-34-31(23)35-28/h11-12,17-18,20-21,24H,9-10,13-16,19H2,1-8H3,(H,34,35). The molecule has 0 amide bonds. The van der Waals surface area contributed by atoms with Gasteiger partial charge in [-0.05, 0) is 71.3 Å². The van der Waals surface area contributed by atoms with Crippen molar-refractivity contribution in [3.8, 4) is 5.88 Å². The van der Waals surface area contributed by atoms with Gasteiger partial charge in [-0.1, -0.05) is 65.8 Å². The summed E-state index contributed by atoms with van der Waals surface area (Å²) >= 11 is 0. The third kappa shape index (κ3) is 7.49. The number of nitrogens with zero attached hydrogens (tertiary/aromatic N) is 3. The second-order valence-corrected chi connectivity index (χ2v) is 13.2. The van der Waals surface area contributed by atoms with Gasteiger partial charge in [0.1, 0.15) is 11.6 Å². The fraction of sp³-hybridized carbons (Fsp3) is 0.545. The molecule has 1 aromatic carbocycles. The summed E-state index contributed by atoms with van der Waals surface area (Å²) in [6.45, 7) is 16.7. The number of rotatable bonds is 9. The molecule has 2 aromatic heterocycles. The van der Waals surface area contributed by atoms with Crippen molar-refractivity contribution in [2.75, 3.05) is 18.5 Å². The second kappa shape index (κ2) is 11.5. The molecule has 0 fully saturated rings. The highest BCUT2D eigenvalue weighted by Gasteiger charge is 2.25. The van der Waals surface area contributed by atoms with Gasteiger partial charge in [-0.25, -0.2) is 9.67 Å². The van der Waals surface area contributed by atoms with E-state index in [1.807, 2.05) is 13.1 Å². The summed E-state index contributed by atoms with van der Waals surface area (Å²) < 4.78 is 7.93. The Balaban J connectivity index is 1.50. The van der Waals surface area contributed by atoms with Gasteiger partial charge in [-0.15, -0.1) is 0 Å². The van der Waals surface area contributed by atoms with E-state index in [-0.39, 0.29) is 22.5 Å². The van der Waals surface area contributed by atoms with Gasteiger partial charge in [-0.2, -0.15) is 5.10 Å². The number of aromatic nitrogens is 3. The second-order valence-electron chi connectivity index (χ2n) is 13.2. The molecule has 210 valence electrons. The van der Waals surface area contributed by atoms with E-state index in [9.17, 15) is 4.79 Å². The van der Waals surface area contributed by atoms with Gasteiger partial charge in [0.2, 0.25) is 5.88 Å². The van der Waals surface area contributed by atoms with Gasteiger partial charge in [-0.3, -0.25) is 0 Å². The molecule has 39 heavy (non-hydrogen) atoms. The number of benzene rings is 1. The number of hydrogen-bond acceptors (Lipinski definition) is 5. The number of pyridine rings is 1. The lowest BCUT2D eigenvalue weighted by Crippen LogP contribution is -2.18. The summed E-state index contributed by atoms with van der Waals surface area (Å²) in [5.74, 6) is 2.00. The average molecular weight is 531 g/mol. The van der Waals surface area contributed by atoms with Crippen molar-refractivity contribution in [1.29, 1.82) is 0 Å². The van der Waals surface area contributed by atoms with Gasteiger partial charge >= 0.3 is 0 Å². The zero-order valence-electron chi connectivity index (χ0n) is 25.1. The Hall–Kier alpha value is -3.15. The van der Waals surface area contributed by atoms with E-state index in [2.05, 4.69) is 77.2 Å². The number of anilines is 1. The van der Waals surface area contributed by atoms with Crippen LogP contribution in [0.4, 0.5) is 5.82 Å². The first kappa shape index (κ1) is 28.8. The molecular formula is C33H46N4O2. The third-order valence-corrected chi connectivity index (χ3v) is 7.60. The summed E-state index contributed by atoms with van der Waals surface area (Å²) in [5.41, 5.74) is 7.11. The molecule has 1 atom stereocenters. The number of hydrogen-bond donors (Lipinski definition) is 1. The SMILES string of the molecule is CC(=O)CC(Cc1cc(OCCc2ccc3c(n2)NCCC3)n(C)n1)c1cc(C(C)(C)C)cc(C(C)(C)C)c1.